The van der Waals surface area contributed by atoms with Crippen LogP contribution in [0.25, 0.3) is 0 Å². The quantitative estimate of drug-likeness (QED) is 0.771. The van der Waals surface area contributed by atoms with Crippen molar-refractivity contribution in [2.75, 3.05) is 30.8 Å². The van der Waals surface area contributed by atoms with Crippen LogP contribution in [0.1, 0.15) is 20.8 Å². The second kappa shape index (κ2) is 5.65. The molecule has 0 fully saturated rings. The fourth-order valence-electron chi connectivity index (χ4n) is 1.32. The molecule has 0 aromatic carbocycles. The number of nitrogens with one attached hydrogen (secondary N) is 2. The van der Waals surface area contributed by atoms with Crippen LogP contribution in [0.4, 0.5) is 11.6 Å². The zero-order chi connectivity index (χ0) is 12.0. The highest BCUT2D eigenvalue weighted by Gasteiger charge is 2.17. The summed E-state index contributed by atoms with van der Waals surface area (Å²) in [5.41, 5.74) is -0.202. The van der Waals surface area contributed by atoms with Crippen LogP contribution in [0.15, 0.2) is 12.4 Å². The van der Waals surface area contributed by atoms with Gasteiger partial charge in [0.15, 0.2) is 0 Å². The van der Waals surface area contributed by atoms with Gasteiger partial charge >= 0.3 is 0 Å². The molecule has 0 unspecified atom stereocenters. The first kappa shape index (κ1) is 12.7. The summed E-state index contributed by atoms with van der Waals surface area (Å²) in [5, 5.41) is 6.15. The molecule has 0 aliphatic carbocycles. The lowest BCUT2D eigenvalue weighted by molar-refractivity contribution is 0.000640. The molecule has 0 saturated heterocycles. The Kier molecular flexibility index (Phi) is 4.49. The van der Waals surface area contributed by atoms with E-state index in [4.69, 9.17) is 4.74 Å². The highest BCUT2D eigenvalue weighted by atomic mass is 16.5. The Morgan fingerprint density at radius 3 is 2.62 bits per heavy atom. The first-order valence-electron chi connectivity index (χ1n) is 5.45. The van der Waals surface area contributed by atoms with Crippen LogP contribution >= 0.6 is 0 Å². The van der Waals surface area contributed by atoms with Crippen LogP contribution in [0, 0.1) is 0 Å². The van der Waals surface area contributed by atoms with Crippen molar-refractivity contribution in [2.24, 2.45) is 0 Å². The molecular weight excluding hydrogens is 204 g/mol. The molecule has 1 rings (SSSR count). The summed E-state index contributed by atoms with van der Waals surface area (Å²) >= 11 is 0. The molecule has 1 heterocycles. The monoisotopic (exact) mass is 224 g/mol. The Labute approximate surface area is 96.6 Å². The van der Waals surface area contributed by atoms with Crippen LogP contribution in [-0.2, 0) is 4.74 Å². The number of hydrogen-bond acceptors (Lipinski definition) is 5. The summed E-state index contributed by atoms with van der Waals surface area (Å²) in [6.45, 7) is 7.47. The van der Waals surface area contributed by atoms with E-state index in [0.717, 1.165) is 11.6 Å². The van der Waals surface area contributed by atoms with Crippen LogP contribution in [0.2, 0.25) is 0 Å². The first-order chi connectivity index (χ1) is 7.57. The topological polar surface area (TPSA) is 59.1 Å². The summed E-state index contributed by atoms with van der Waals surface area (Å²) in [4.78, 5) is 8.39. The Balaban J connectivity index is 2.53. The maximum absolute atomic E-state index is 5.58. The number of rotatable bonds is 6. The zero-order valence-electron chi connectivity index (χ0n) is 10.4. The van der Waals surface area contributed by atoms with E-state index >= 15 is 0 Å². The Morgan fingerprint density at radius 1 is 1.31 bits per heavy atom. The maximum Gasteiger partial charge on any atom is 0.147 e. The van der Waals surface area contributed by atoms with Gasteiger partial charge in [0.2, 0.25) is 0 Å². The molecule has 0 radical (unpaired) electrons. The largest absolute Gasteiger partial charge is 0.374 e. The van der Waals surface area contributed by atoms with E-state index in [9.17, 15) is 0 Å². The van der Waals surface area contributed by atoms with Crippen molar-refractivity contribution in [1.82, 2.24) is 9.97 Å². The van der Waals surface area contributed by atoms with Crippen molar-refractivity contribution in [1.29, 1.82) is 0 Å². The molecule has 0 amide bonds. The van der Waals surface area contributed by atoms with E-state index < -0.39 is 0 Å². The summed E-state index contributed by atoms with van der Waals surface area (Å²) in [6.07, 6.45) is 3.38. The van der Waals surface area contributed by atoms with Gasteiger partial charge in [0.25, 0.3) is 0 Å². The van der Waals surface area contributed by atoms with Crippen LogP contribution < -0.4 is 10.6 Å². The van der Waals surface area contributed by atoms with Crippen LogP contribution in [0.5, 0.6) is 0 Å². The normalized spacial score (nSPS) is 11.2. The highest BCUT2D eigenvalue weighted by Crippen LogP contribution is 2.11. The molecule has 0 aliphatic heterocycles. The van der Waals surface area contributed by atoms with E-state index in [1.807, 2.05) is 27.8 Å². The van der Waals surface area contributed by atoms with Crippen molar-refractivity contribution in [3.63, 3.8) is 0 Å². The zero-order valence-corrected chi connectivity index (χ0v) is 10.4. The predicted molar refractivity (Wildman–Crippen MR) is 65.8 cm³/mol. The Bertz CT molecular complexity index is 328. The van der Waals surface area contributed by atoms with Crippen LogP contribution in [-0.4, -0.2) is 35.8 Å². The van der Waals surface area contributed by atoms with E-state index in [-0.39, 0.29) is 5.60 Å². The minimum absolute atomic E-state index is 0.202. The first-order valence-corrected chi connectivity index (χ1v) is 5.45. The van der Waals surface area contributed by atoms with Gasteiger partial charge in [-0.1, -0.05) is 0 Å². The van der Waals surface area contributed by atoms with Gasteiger partial charge in [-0.3, -0.25) is 4.98 Å². The minimum atomic E-state index is -0.202. The van der Waals surface area contributed by atoms with Crippen molar-refractivity contribution in [3.05, 3.63) is 12.4 Å². The molecule has 0 atom stereocenters. The third-order valence-electron chi connectivity index (χ3n) is 2.12. The fourth-order valence-corrected chi connectivity index (χ4v) is 1.32. The number of ether oxygens (including phenoxy) is 1. The van der Waals surface area contributed by atoms with Gasteiger partial charge in [-0.2, -0.15) is 0 Å². The van der Waals surface area contributed by atoms with Crippen molar-refractivity contribution >= 4 is 11.6 Å². The average molecular weight is 224 g/mol. The second-order valence-electron chi connectivity index (χ2n) is 4.09. The summed E-state index contributed by atoms with van der Waals surface area (Å²) < 4.78 is 5.58. The molecule has 1 aromatic heterocycles. The molecule has 0 saturated carbocycles. The van der Waals surface area contributed by atoms with Crippen molar-refractivity contribution in [2.45, 2.75) is 26.4 Å². The number of hydrogen-bond donors (Lipinski definition) is 2. The molecule has 0 bridgehead atoms. The molecular formula is C11H20N4O. The summed E-state index contributed by atoms with van der Waals surface area (Å²) in [7, 11) is 1.82. The lowest BCUT2D eigenvalue weighted by atomic mass is 10.1. The third-order valence-corrected chi connectivity index (χ3v) is 2.12. The predicted octanol–water partition coefficient (Wildman–Crippen LogP) is 1.75. The van der Waals surface area contributed by atoms with Crippen molar-refractivity contribution < 1.29 is 4.74 Å². The van der Waals surface area contributed by atoms with E-state index in [1.165, 1.54) is 0 Å². The lowest BCUT2D eigenvalue weighted by Crippen LogP contribution is -2.33. The number of anilines is 2. The van der Waals surface area contributed by atoms with Gasteiger partial charge in [0.1, 0.15) is 11.6 Å². The second-order valence-corrected chi connectivity index (χ2v) is 4.09. The van der Waals surface area contributed by atoms with Gasteiger partial charge in [0, 0.05) is 20.2 Å². The fraction of sp³-hybridized carbons (Fsp3) is 0.636. The van der Waals surface area contributed by atoms with Crippen LogP contribution in [0.3, 0.4) is 0 Å². The Hall–Kier alpha value is -1.36. The summed E-state index contributed by atoms with van der Waals surface area (Å²) in [5.74, 6) is 1.50. The smallest absolute Gasteiger partial charge is 0.147 e. The maximum atomic E-state index is 5.58. The molecule has 0 spiro atoms. The van der Waals surface area contributed by atoms with Gasteiger partial charge in [0.05, 0.1) is 18.0 Å². The molecule has 90 valence electrons. The Morgan fingerprint density at radius 2 is 2.00 bits per heavy atom. The molecule has 5 heteroatoms. The van der Waals surface area contributed by atoms with Gasteiger partial charge < -0.3 is 15.4 Å². The van der Waals surface area contributed by atoms with E-state index in [1.54, 1.807) is 12.4 Å². The number of nitrogens with zero attached hydrogens (tertiary/aromatic N) is 2. The van der Waals surface area contributed by atoms with Crippen molar-refractivity contribution in [3.8, 4) is 0 Å². The highest BCUT2D eigenvalue weighted by molar-refractivity contribution is 5.41. The third kappa shape index (κ3) is 4.02. The molecule has 16 heavy (non-hydrogen) atoms. The number of aromatic nitrogens is 2. The standard InChI is InChI=1S/C11H20N4O/c1-5-16-11(2,3)8-14-10-7-13-6-9(12-4)15-10/h6-7H,5,8H2,1-4H3,(H2,12,14,15). The molecule has 2 N–H and O–H groups in total. The molecule has 1 aromatic rings. The summed E-state index contributed by atoms with van der Waals surface area (Å²) in [6, 6.07) is 0. The van der Waals surface area contributed by atoms with E-state index in [0.29, 0.717) is 13.2 Å². The van der Waals surface area contributed by atoms with E-state index in [2.05, 4.69) is 20.6 Å². The van der Waals surface area contributed by atoms with Gasteiger partial charge in [-0.25, -0.2) is 4.98 Å². The lowest BCUT2D eigenvalue weighted by Gasteiger charge is -2.25. The van der Waals surface area contributed by atoms with Gasteiger partial charge in [-0.15, -0.1) is 0 Å². The molecule has 5 nitrogen and oxygen atoms in total. The van der Waals surface area contributed by atoms with Gasteiger partial charge in [-0.05, 0) is 20.8 Å². The minimum Gasteiger partial charge on any atom is -0.374 e. The average Bonchev–Trinajstić information content (AvgIpc) is 2.27. The SMILES string of the molecule is CCOC(C)(C)CNc1cncc(NC)n1. The molecule has 0 aliphatic rings.